The molecule has 0 spiro atoms. The molecular formula is C23H19BrFNO2. The van der Waals surface area contributed by atoms with Crippen LogP contribution in [0, 0.1) is 5.82 Å². The Morgan fingerprint density at radius 3 is 2.11 bits per heavy atom. The molecule has 3 aromatic carbocycles. The third-order valence-electron chi connectivity index (χ3n) is 4.34. The van der Waals surface area contributed by atoms with Gasteiger partial charge in [0.25, 0.3) is 0 Å². The van der Waals surface area contributed by atoms with Crippen LogP contribution in [-0.2, 0) is 17.8 Å². The van der Waals surface area contributed by atoms with E-state index in [4.69, 9.17) is 0 Å². The molecule has 0 atom stereocenters. The fraction of sp³-hybridized carbons (Fsp3) is 0.130. The Labute approximate surface area is 171 Å². The highest BCUT2D eigenvalue weighted by molar-refractivity contribution is 9.10. The minimum Gasteiger partial charge on any atom is -0.330 e. The molecule has 0 N–H and O–H groups in total. The number of nitrogens with zero attached hydrogens (tertiary/aromatic N) is 1. The lowest BCUT2D eigenvalue weighted by atomic mass is 10.1. The second-order valence-electron chi connectivity index (χ2n) is 6.47. The van der Waals surface area contributed by atoms with Crippen molar-refractivity contribution in [1.29, 1.82) is 0 Å². The molecule has 0 radical (unpaired) electrons. The van der Waals surface area contributed by atoms with E-state index in [1.54, 1.807) is 4.90 Å². The number of Topliss-reactive ketones (excluding diaryl/α,β-unsaturated/α-hetero) is 1. The monoisotopic (exact) mass is 439 g/mol. The number of rotatable bonds is 7. The number of hydrogen-bond acceptors (Lipinski definition) is 2. The molecule has 3 rings (SSSR count). The Morgan fingerprint density at radius 1 is 0.821 bits per heavy atom. The molecule has 0 aromatic heterocycles. The van der Waals surface area contributed by atoms with Crippen LogP contribution < -0.4 is 0 Å². The van der Waals surface area contributed by atoms with Gasteiger partial charge in [-0.2, -0.15) is 0 Å². The van der Waals surface area contributed by atoms with Crippen LogP contribution in [0.15, 0.2) is 83.3 Å². The summed E-state index contributed by atoms with van der Waals surface area (Å²) in [5, 5.41) is 0. The Bertz CT molecular complexity index is 941. The van der Waals surface area contributed by atoms with Crippen molar-refractivity contribution < 1.29 is 14.0 Å². The van der Waals surface area contributed by atoms with Gasteiger partial charge in [-0.25, -0.2) is 4.39 Å². The van der Waals surface area contributed by atoms with E-state index in [2.05, 4.69) is 15.9 Å². The van der Waals surface area contributed by atoms with Crippen molar-refractivity contribution in [3.05, 3.63) is 106 Å². The molecule has 0 fully saturated rings. The Kier molecular flexibility index (Phi) is 6.71. The van der Waals surface area contributed by atoms with Gasteiger partial charge in [0.15, 0.2) is 5.78 Å². The van der Waals surface area contributed by atoms with Crippen LogP contribution in [0.5, 0.6) is 0 Å². The Balaban J connectivity index is 1.77. The number of halogens is 2. The molecule has 3 aromatic rings. The number of ketones is 1. The third-order valence-corrected chi connectivity index (χ3v) is 4.87. The van der Waals surface area contributed by atoms with Gasteiger partial charge in [-0.05, 0) is 47.5 Å². The summed E-state index contributed by atoms with van der Waals surface area (Å²) in [5.74, 6) is -0.759. The van der Waals surface area contributed by atoms with Gasteiger partial charge in [-0.15, -0.1) is 0 Å². The van der Waals surface area contributed by atoms with Gasteiger partial charge < -0.3 is 4.90 Å². The van der Waals surface area contributed by atoms with Crippen LogP contribution in [0.2, 0.25) is 0 Å². The first-order valence-corrected chi connectivity index (χ1v) is 9.65. The van der Waals surface area contributed by atoms with Crippen molar-refractivity contribution in [2.24, 2.45) is 0 Å². The molecule has 0 unspecified atom stereocenters. The maximum absolute atomic E-state index is 13.1. The second kappa shape index (κ2) is 9.42. The van der Waals surface area contributed by atoms with Crippen LogP contribution in [0.4, 0.5) is 4.39 Å². The zero-order valence-corrected chi connectivity index (χ0v) is 16.7. The summed E-state index contributed by atoms with van der Waals surface area (Å²) in [5.41, 5.74) is 2.20. The number of carbonyl (C=O) groups excluding carboxylic acids is 2. The summed E-state index contributed by atoms with van der Waals surface area (Å²) in [6.07, 6.45) is 0.205. The molecule has 28 heavy (non-hydrogen) atoms. The van der Waals surface area contributed by atoms with Gasteiger partial charge in [0, 0.05) is 16.6 Å². The van der Waals surface area contributed by atoms with Crippen molar-refractivity contribution in [3.63, 3.8) is 0 Å². The fourth-order valence-electron chi connectivity index (χ4n) is 2.83. The molecule has 0 bridgehead atoms. The zero-order valence-electron chi connectivity index (χ0n) is 15.1. The molecule has 5 heteroatoms. The largest absolute Gasteiger partial charge is 0.330 e. The Morgan fingerprint density at radius 2 is 1.46 bits per heavy atom. The smallest absolute Gasteiger partial charge is 0.227 e. The maximum atomic E-state index is 13.1. The highest BCUT2D eigenvalue weighted by atomic mass is 79.9. The van der Waals surface area contributed by atoms with Crippen molar-refractivity contribution in [2.45, 2.75) is 13.0 Å². The van der Waals surface area contributed by atoms with Crippen LogP contribution in [0.25, 0.3) is 0 Å². The first-order valence-electron chi connectivity index (χ1n) is 8.86. The molecule has 1 amide bonds. The fourth-order valence-corrected chi connectivity index (χ4v) is 3.09. The quantitative estimate of drug-likeness (QED) is 0.483. The maximum Gasteiger partial charge on any atom is 0.227 e. The third kappa shape index (κ3) is 5.60. The van der Waals surface area contributed by atoms with Gasteiger partial charge in [0.1, 0.15) is 5.82 Å². The highest BCUT2D eigenvalue weighted by Gasteiger charge is 2.19. The summed E-state index contributed by atoms with van der Waals surface area (Å²) in [4.78, 5) is 27.1. The van der Waals surface area contributed by atoms with E-state index in [9.17, 15) is 14.0 Å². The van der Waals surface area contributed by atoms with Crippen molar-refractivity contribution in [1.82, 2.24) is 4.90 Å². The van der Waals surface area contributed by atoms with E-state index in [0.29, 0.717) is 12.1 Å². The summed E-state index contributed by atoms with van der Waals surface area (Å²) in [6.45, 7) is 0.277. The molecule has 142 valence electrons. The molecule has 0 aliphatic heterocycles. The van der Waals surface area contributed by atoms with Gasteiger partial charge in [0.05, 0.1) is 13.0 Å². The van der Waals surface area contributed by atoms with E-state index in [1.165, 1.54) is 24.3 Å². The molecule has 0 aliphatic rings. The van der Waals surface area contributed by atoms with Crippen LogP contribution in [0.3, 0.4) is 0 Å². The lowest BCUT2D eigenvalue weighted by Gasteiger charge is -2.22. The van der Waals surface area contributed by atoms with Gasteiger partial charge in [0.2, 0.25) is 5.91 Å². The first-order chi connectivity index (χ1) is 13.5. The lowest BCUT2D eigenvalue weighted by Crippen LogP contribution is -2.36. The summed E-state index contributed by atoms with van der Waals surface area (Å²) in [6, 6.07) is 22.4. The number of amides is 1. The van der Waals surface area contributed by atoms with E-state index >= 15 is 0 Å². The average Bonchev–Trinajstić information content (AvgIpc) is 2.70. The number of carbonyl (C=O) groups is 2. The first kappa shape index (κ1) is 20.0. The molecule has 0 aliphatic carbocycles. The lowest BCUT2D eigenvalue weighted by molar-refractivity contribution is -0.130. The minimum absolute atomic E-state index is 0.0596. The van der Waals surface area contributed by atoms with E-state index in [0.717, 1.165) is 15.6 Å². The second-order valence-corrected chi connectivity index (χ2v) is 7.38. The Hall–Kier alpha value is -2.79. The summed E-state index contributed by atoms with van der Waals surface area (Å²) >= 11 is 3.38. The van der Waals surface area contributed by atoms with E-state index < -0.39 is 5.82 Å². The summed E-state index contributed by atoms with van der Waals surface area (Å²) < 4.78 is 14.1. The van der Waals surface area contributed by atoms with Crippen molar-refractivity contribution in [2.75, 3.05) is 6.54 Å². The van der Waals surface area contributed by atoms with Gasteiger partial charge >= 0.3 is 0 Å². The van der Waals surface area contributed by atoms with Crippen LogP contribution in [-0.4, -0.2) is 23.1 Å². The number of benzene rings is 3. The highest BCUT2D eigenvalue weighted by Crippen LogP contribution is 2.14. The SMILES string of the molecule is O=C(CN(Cc1ccccc1)C(=O)Cc1ccc(Br)cc1)c1ccc(F)cc1. The van der Waals surface area contributed by atoms with E-state index in [-0.39, 0.29) is 24.7 Å². The minimum atomic E-state index is -0.399. The predicted molar refractivity (Wildman–Crippen MR) is 110 cm³/mol. The average molecular weight is 440 g/mol. The number of hydrogen-bond donors (Lipinski definition) is 0. The van der Waals surface area contributed by atoms with Crippen molar-refractivity contribution in [3.8, 4) is 0 Å². The van der Waals surface area contributed by atoms with Crippen molar-refractivity contribution >= 4 is 27.6 Å². The van der Waals surface area contributed by atoms with Gasteiger partial charge in [-0.3, -0.25) is 9.59 Å². The van der Waals surface area contributed by atoms with Gasteiger partial charge in [-0.1, -0.05) is 58.4 Å². The standard InChI is InChI=1S/C23H19BrFNO2/c24-20-10-6-17(7-11-20)14-23(28)26(15-18-4-2-1-3-5-18)16-22(27)19-8-12-21(25)13-9-19/h1-13H,14-16H2. The van der Waals surface area contributed by atoms with Crippen LogP contribution in [0.1, 0.15) is 21.5 Å². The molecule has 3 nitrogen and oxygen atoms in total. The predicted octanol–water partition coefficient (Wildman–Crippen LogP) is 5.04. The van der Waals surface area contributed by atoms with Crippen LogP contribution >= 0.6 is 15.9 Å². The molecular weight excluding hydrogens is 421 g/mol. The topological polar surface area (TPSA) is 37.4 Å². The normalized spacial score (nSPS) is 10.5. The molecule has 0 saturated heterocycles. The summed E-state index contributed by atoms with van der Waals surface area (Å²) in [7, 11) is 0. The molecule has 0 saturated carbocycles. The van der Waals surface area contributed by atoms with E-state index in [1.807, 2.05) is 54.6 Å². The zero-order chi connectivity index (χ0) is 19.9. The molecule has 0 heterocycles.